The maximum atomic E-state index is 5.38. The normalized spacial score (nSPS) is 31.8. The predicted molar refractivity (Wildman–Crippen MR) is 67.3 cm³/mol. The summed E-state index contributed by atoms with van der Waals surface area (Å²) < 4.78 is 5.38. The first-order chi connectivity index (χ1) is 7.79. The van der Waals surface area contributed by atoms with E-state index in [4.69, 9.17) is 4.52 Å². The number of hydrogen-bond donors (Lipinski definition) is 1. The van der Waals surface area contributed by atoms with Crippen LogP contribution in [0.2, 0.25) is 0 Å². The van der Waals surface area contributed by atoms with Crippen LogP contribution < -0.4 is 5.32 Å². The highest BCUT2D eigenvalue weighted by molar-refractivity contribution is 5.85. The van der Waals surface area contributed by atoms with Gasteiger partial charge in [0.1, 0.15) is 0 Å². The molecule has 1 N–H and O–H groups in total. The van der Waals surface area contributed by atoms with Crippen LogP contribution in [0.25, 0.3) is 0 Å². The van der Waals surface area contributed by atoms with Gasteiger partial charge in [0.05, 0.1) is 0 Å². The van der Waals surface area contributed by atoms with E-state index in [0.29, 0.717) is 12.0 Å². The third-order valence-electron chi connectivity index (χ3n) is 4.16. The lowest BCUT2D eigenvalue weighted by Gasteiger charge is -2.04. The van der Waals surface area contributed by atoms with Crippen LogP contribution in [0.15, 0.2) is 4.52 Å². The number of nitrogens with one attached hydrogen (secondary N) is 1. The lowest BCUT2D eigenvalue weighted by atomic mass is 10.1. The molecule has 17 heavy (non-hydrogen) atoms. The molecule has 3 rings (SSSR count). The smallest absolute Gasteiger partial charge is 0.230 e. The van der Waals surface area contributed by atoms with E-state index >= 15 is 0 Å². The molecule has 0 amide bonds. The Hall–Kier alpha value is -0.610. The Morgan fingerprint density at radius 2 is 2.12 bits per heavy atom. The van der Waals surface area contributed by atoms with Crippen LogP contribution in [0.4, 0.5) is 0 Å². The van der Waals surface area contributed by atoms with Crippen LogP contribution in [0, 0.1) is 11.8 Å². The third kappa shape index (κ3) is 2.33. The zero-order valence-corrected chi connectivity index (χ0v) is 11.2. The molecule has 96 valence electrons. The van der Waals surface area contributed by atoms with Crippen molar-refractivity contribution in [1.82, 2.24) is 15.5 Å². The highest BCUT2D eigenvalue weighted by Crippen LogP contribution is 2.62. The van der Waals surface area contributed by atoms with Crippen LogP contribution >= 0.6 is 12.4 Å². The summed E-state index contributed by atoms with van der Waals surface area (Å²) in [4.78, 5) is 4.52. The van der Waals surface area contributed by atoms with Crippen molar-refractivity contribution in [2.45, 2.75) is 44.6 Å². The molecule has 1 heterocycles. The molecule has 5 heteroatoms. The Morgan fingerprint density at radius 1 is 1.41 bits per heavy atom. The van der Waals surface area contributed by atoms with Crippen molar-refractivity contribution < 1.29 is 4.52 Å². The Bertz CT molecular complexity index is 372. The second-order valence-electron chi connectivity index (χ2n) is 5.23. The standard InChI is InChI=1S/C12H19N3O.ClH/c1-7(13-2)6-10-14-12(16-15-10)11-8-4-3-5-9(8)11;/h7-9,11,13H,3-6H2,1-2H3;1H. The second-order valence-corrected chi connectivity index (χ2v) is 5.23. The maximum absolute atomic E-state index is 5.38. The highest BCUT2D eigenvalue weighted by atomic mass is 35.5. The average Bonchev–Trinajstić information content (AvgIpc) is 2.74. The van der Waals surface area contributed by atoms with Crippen molar-refractivity contribution in [1.29, 1.82) is 0 Å². The fourth-order valence-corrected chi connectivity index (χ4v) is 3.05. The largest absolute Gasteiger partial charge is 0.339 e. The van der Waals surface area contributed by atoms with Crippen LogP contribution in [0.1, 0.15) is 43.8 Å². The van der Waals surface area contributed by atoms with Crippen LogP contribution in [0.3, 0.4) is 0 Å². The van der Waals surface area contributed by atoms with E-state index in [0.717, 1.165) is 30.0 Å². The molecule has 3 unspecified atom stereocenters. The summed E-state index contributed by atoms with van der Waals surface area (Å²) in [6.07, 6.45) is 4.96. The van der Waals surface area contributed by atoms with Gasteiger partial charge < -0.3 is 9.84 Å². The monoisotopic (exact) mass is 257 g/mol. The fraction of sp³-hybridized carbons (Fsp3) is 0.833. The van der Waals surface area contributed by atoms with Crippen LogP contribution in [-0.4, -0.2) is 23.2 Å². The molecule has 0 saturated heterocycles. The Labute approximate surface area is 108 Å². The van der Waals surface area contributed by atoms with Gasteiger partial charge >= 0.3 is 0 Å². The molecule has 0 aromatic carbocycles. The van der Waals surface area contributed by atoms with E-state index in [2.05, 4.69) is 22.4 Å². The number of hydrogen-bond acceptors (Lipinski definition) is 4. The van der Waals surface area contributed by atoms with Gasteiger partial charge in [-0.2, -0.15) is 4.98 Å². The summed E-state index contributed by atoms with van der Waals surface area (Å²) in [6, 6.07) is 0.407. The van der Waals surface area contributed by atoms with Crippen molar-refractivity contribution in [3.63, 3.8) is 0 Å². The molecule has 3 atom stereocenters. The summed E-state index contributed by atoms with van der Waals surface area (Å²) in [5, 5.41) is 7.25. The molecule has 1 aromatic rings. The number of aromatic nitrogens is 2. The SMILES string of the molecule is CNC(C)Cc1noc(C2C3CCCC32)n1.Cl. The van der Waals surface area contributed by atoms with Gasteiger partial charge in [0.25, 0.3) is 0 Å². The van der Waals surface area contributed by atoms with Crippen LogP contribution in [-0.2, 0) is 6.42 Å². The second kappa shape index (κ2) is 4.94. The molecule has 1 aromatic heterocycles. The molecule has 0 spiro atoms. The summed E-state index contributed by atoms with van der Waals surface area (Å²) in [5.41, 5.74) is 0. The molecule has 0 bridgehead atoms. The van der Waals surface area contributed by atoms with Crippen molar-refractivity contribution in [3.05, 3.63) is 11.7 Å². The molecule has 2 aliphatic rings. The van der Waals surface area contributed by atoms with E-state index in [9.17, 15) is 0 Å². The van der Waals surface area contributed by atoms with Crippen molar-refractivity contribution >= 4 is 12.4 Å². The van der Waals surface area contributed by atoms with Gasteiger partial charge in [0.2, 0.25) is 5.89 Å². The number of likely N-dealkylation sites (N-methyl/N-ethyl adjacent to an activating group) is 1. The Morgan fingerprint density at radius 3 is 2.76 bits per heavy atom. The van der Waals surface area contributed by atoms with E-state index in [1.165, 1.54) is 19.3 Å². The first kappa shape index (κ1) is 12.8. The summed E-state index contributed by atoms with van der Waals surface area (Å²) in [6.45, 7) is 2.13. The quantitative estimate of drug-likeness (QED) is 0.898. The molecule has 0 aliphatic heterocycles. The van der Waals surface area contributed by atoms with Crippen LogP contribution in [0.5, 0.6) is 0 Å². The van der Waals surface area contributed by atoms with Gasteiger partial charge in [-0.25, -0.2) is 0 Å². The lowest BCUT2D eigenvalue weighted by Crippen LogP contribution is -2.24. The number of rotatable bonds is 4. The Balaban J connectivity index is 0.00000108. The molecule has 2 fully saturated rings. The van der Waals surface area contributed by atoms with Gasteiger partial charge in [0.15, 0.2) is 5.82 Å². The molecule has 0 radical (unpaired) electrons. The van der Waals surface area contributed by atoms with Gasteiger partial charge in [-0.15, -0.1) is 12.4 Å². The topological polar surface area (TPSA) is 51.0 Å². The van der Waals surface area contributed by atoms with Crippen molar-refractivity contribution in [3.8, 4) is 0 Å². The molecule has 2 saturated carbocycles. The first-order valence-electron chi connectivity index (χ1n) is 6.29. The fourth-order valence-electron chi connectivity index (χ4n) is 3.05. The minimum atomic E-state index is 0. The zero-order valence-electron chi connectivity index (χ0n) is 10.3. The summed E-state index contributed by atoms with van der Waals surface area (Å²) in [7, 11) is 1.96. The number of halogens is 1. The van der Waals surface area contributed by atoms with Crippen molar-refractivity contribution in [2.24, 2.45) is 11.8 Å². The number of nitrogens with zero attached hydrogens (tertiary/aromatic N) is 2. The highest BCUT2D eigenvalue weighted by Gasteiger charge is 2.56. The Kier molecular flexibility index (Phi) is 3.73. The molecular weight excluding hydrogens is 238 g/mol. The number of fused-ring (bicyclic) bond motifs is 1. The van der Waals surface area contributed by atoms with E-state index in [1.54, 1.807) is 0 Å². The van der Waals surface area contributed by atoms with Gasteiger partial charge in [-0.05, 0) is 38.6 Å². The van der Waals surface area contributed by atoms with E-state index < -0.39 is 0 Å². The molecule has 4 nitrogen and oxygen atoms in total. The minimum absolute atomic E-state index is 0. The zero-order chi connectivity index (χ0) is 11.1. The predicted octanol–water partition coefficient (Wildman–Crippen LogP) is 2.16. The molecular formula is C12H20ClN3O. The minimum Gasteiger partial charge on any atom is -0.339 e. The van der Waals surface area contributed by atoms with E-state index in [1.807, 2.05) is 7.05 Å². The maximum Gasteiger partial charge on any atom is 0.230 e. The van der Waals surface area contributed by atoms with Gasteiger partial charge in [-0.1, -0.05) is 11.6 Å². The van der Waals surface area contributed by atoms with E-state index in [-0.39, 0.29) is 12.4 Å². The van der Waals surface area contributed by atoms with Gasteiger partial charge in [-0.3, -0.25) is 0 Å². The summed E-state index contributed by atoms with van der Waals surface area (Å²) >= 11 is 0. The third-order valence-corrected chi connectivity index (χ3v) is 4.16. The lowest BCUT2D eigenvalue weighted by molar-refractivity contribution is 0.361. The van der Waals surface area contributed by atoms with Gasteiger partial charge in [0, 0.05) is 18.4 Å². The average molecular weight is 258 g/mol. The molecule has 2 aliphatic carbocycles. The summed E-state index contributed by atoms with van der Waals surface area (Å²) in [5.74, 6) is 4.06. The van der Waals surface area contributed by atoms with Crippen molar-refractivity contribution in [2.75, 3.05) is 7.05 Å². The first-order valence-corrected chi connectivity index (χ1v) is 6.29.